The van der Waals surface area contributed by atoms with Crippen molar-refractivity contribution in [2.24, 2.45) is 0 Å². The van der Waals surface area contributed by atoms with Crippen molar-refractivity contribution >= 4 is 11.6 Å². The van der Waals surface area contributed by atoms with Crippen molar-refractivity contribution in [3.8, 4) is 28.8 Å². The molecule has 0 bridgehead atoms. The van der Waals surface area contributed by atoms with Gasteiger partial charge < -0.3 is 19.5 Å². The van der Waals surface area contributed by atoms with Crippen molar-refractivity contribution in [2.45, 2.75) is 18.9 Å². The lowest BCUT2D eigenvalue weighted by molar-refractivity contribution is 0.0257. The highest BCUT2D eigenvalue weighted by Gasteiger charge is 2.20. The molecule has 0 spiro atoms. The summed E-state index contributed by atoms with van der Waals surface area (Å²) in [5.41, 5.74) is 2.58. The number of hydrogen-bond donors (Lipinski definition) is 1. The highest BCUT2D eigenvalue weighted by Crippen LogP contribution is 2.34. The van der Waals surface area contributed by atoms with E-state index in [0.717, 1.165) is 18.4 Å². The number of benzene rings is 1. The summed E-state index contributed by atoms with van der Waals surface area (Å²) in [4.78, 5) is 13.0. The Morgan fingerprint density at radius 2 is 2.07 bits per heavy atom. The van der Waals surface area contributed by atoms with Gasteiger partial charge in [-0.15, -0.1) is 0 Å². The topological polar surface area (TPSA) is 102 Å². The quantitative estimate of drug-likeness (QED) is 0.664. The van der Waals surface area contributed by atoms with Gasteiger partial charge in [0, 0.05) is 30.7 Å². The van der Waals surface area contributed by atoms with Gasteiger partial charge in [0.15, 0.2) is 0 Å². The maximum Gasteiger partial charge on any atom is 0.227 e. The Morgan fingerprint density at radius 3 is 2.87 bits per heavy atom. The third-order valence-electron chi connectivity index (χ3n) is 4.72. The minimum Gasteiger partial charge on any atom is -0.495 e. The van der Waals surface area contributed by atoms with Crippen LogP contribution in [0.5, 0.6) is 11.5 Å². The molecule has 0 aliphatic carbocycles. The van der Waals surface area contributed by atoms with E-state index in [0.29, 0.717) is 47.6 Å². The average Bonchev–Trinajstić information content (AvgIpc) is 2.80. The number of nitrogens with zero attached hydrogens (tertiary/aromatic N) is 4. The predicted octanol–water partition coefficient (Wildman–Crippen LogP) is 3.72. The largest absolute Gasteiger partial charge is 0.495 e. The average molecular weight is 403 g/mol. The molecule has 1 fully saturated rings. The van der Waals surface area contributed by atoms with Crippen molar-refractivity contribution in [2.75, 3.05) is 25.6 Å². The Bertz CT molecular complexity index is 1060. The fraction of sp³-hybridized carbons (Fsp3) is 0.273. The van der Waals surface area contributed by atoms with Gasteiger partial charge in [0.25, 0.3) is 0 Å². The van der Waals surface area contributed by atoms with Crippen molar-refractivity contribution in [3.63, 3.8) is 0 Å². The van der Waals surface area contributed by atoms with Crippen LogP contribution in [0.15, 0.2) is 48.9 Å². The molecule has 8 nitrogen and oxygen atoms in total. The summed E-state index contributed by atoms with van der Waals surface area (Å²) in [6.07, 6.45) is 6.53. The van der Waals surface area contributed by atoms with Gasteiger partial charge in [0.1, 0.15) is 23.7 Å². The first kappa shape index (κ1) is 19.6. The SMILES string of the molecule is COc1cncc(Nc2nccc(-c3cccc(C#N)c3OC3CCOCC3)n2)c1. The van der Waals surface area contributed by atoms with Crippen LogP contribution in [0.2, 0.25) is 0 Å². The van der Waals surface area contributed by atoms with Crippen LogP contribution in [0.4, 0.5) is 11.6 Å². The van der Waals surface area contributed by atoms with E-state index >= 15 is 0 Å². The molecule has 152 valence electrons. The number of aromatic nitrogens is 3. The van der Waals surface area contributed by atoms with Crippen LogP contribution >= 0.6 is 0 Å². The first-order valence-electron chi connectivity index (χ1n) is 9.64. The van der Waals surface area contributed by atoms with Crippen LogP contribution in [0, 0.1) is 11.3 Å². The molecule has 0 unspecified atom stereocenters. The van der Waals surface area contributed by atoms with E-state index < -0.39 is 0 Å². The third-order valence-corrected chi connectivity index (χ3v) is 4.72. The van der Waals surface area contributed by atoms with Crippen molar-refractivity contribution in [1.29, 1.82) is 5.26 Å². The number of pyridine rings is 1. The molecule has 4 rings (SSSR count). The second-order valence-electron chi connectivity index (χ2n) is 6.73. The zero-order valence-electron chi connectivity index (χ0n) is 16.5. The number of anilines is 2. The summed E-state index contributed by atoms with van der Waals surface area (Å²) < 4.78 is 16.9. The molecule has 1 N–H and O–H groups in total. The monoisotopic (exact) mass is 403 g/mol. The molecule has 3 heterocycles. The van der Waals surface area contributed by atoms with Gasteiger partial charge in [-0.3, -0.25) is 4.98 Å². The Labute approximate surface area is 174 Å². The van der Waals surface area contributed by atoms with Gasteiger partial charge in [-0.1, -0.05) is 6.07 Å². The first-order valence-corrected chi connectivity index (χ1v) is 9.64. The van der Waals surface area contributed by atoms with Crippen molar-refractivity contribution in [1.82, 2.24) is 15.0 Å². The van der Waals surface area contributed by atoms with E-state index in [1.807, 2.05) is 12.1 Å². The van der Waals surface area contributed by atoms with E-state index in [-0.39, 0.29) is 6.10 Å². The molecule has 8 heteroatoms. The normalized spacial score (nSPS) is 14.0. The number of nitrogens with one attached hydrogen (secondary N) is 1. The molecular formula is C22H21N5O3. The van der Waals surface area contributed by atoms with Crippen LogP contribution in [0.3, 0.4) is 0 Å². The van der Waals surface area contributed by atoms with Gasteiger partial charge in [-0.25, -0.2) is 9.97 Å². The number of methoxy groups -OCH3 is 1. The van der Waals surface area contributed by atoms with E-state index in [9.17, 15) is 5.26 Å². The van der Waals surface area contributed by atoms with E-state index in [2.05, 4.69) is 26.3 Å². The second-order valence-corrected chi connectivity index (χ2v) is 6.73. The molecule has 0 saturated carbocycles. The molecule has 30 heavy (non-hydrogen) atoms. The number of ether oxygens (including phenoxy) is 3. The minimum absolute atomic E-state index is 0.00860. The summed E-state index contributed by atoms with van der Waals surface area (Å²) in [6.45, 7) is 1.32. The molecule has 3 aromatic rings. The maximum atomic E-state index is 9.60. The second kappa shape index (κ2) is 9.20. The molecule has 1 aromatic carbocycles. The molecule has 2 aromatic heterocycles. The third kappa shape index (κ3) is 4.47. The maximum absolute atomic E-state index is 9.60. The summed E-state index contributed by atoms with van der Waals surface area (Å²) >= 11 is 0. The van der Waals surface area contributed by atoms with E-state index in [1.54, 1.807) is 43.9 Å². The van der Waals surface area contributed by atoms with Gasteiger partial charge >= 0.3 is 0 Å². The fourth-order valence-corrected chi connectivity index (χ4v) is 3.21. The van der Waals surface area contributed by atoms with Gasteiger partial charge in [-0.2, -0.15) is 5.26 Å². The van der Waals surface area contributed by atoms with Crippen molar-refractivity contribution in [3.05, 3.63) is 54.5 Å². The molecular weight excluding hydrogens is 382 g/mol. The zero-order valence-corrected chi connectivity index (χ0v) is 16.5. The van der Waals surface area contributed by atoms with Crippen LogP contribution in [-0.4, -0.2) is 41.4 Å². The Balaban J connectivity index is 1.65. The molecule has 1 aliphatic rings. The predicted molar refractivity (Wildman–Crippen MR) is 111 cm³/mol. The van der Waals surface area contributed by atoms with Crippen molar-refractivity contribution < 1.29 is 14.2 Å². The molecule has 0 amide bonds. The number of rotatable bonds is 6. The zero-order chi connectivity index (χ0) is 20.8. The highest BCUT2D eigenvalue weighted by molar-refractivity contribution is 5.72. The van der Waals surface area contributed by atoms with Crippen LogP contribution < -0.4 is 14.8 Å². The van der Waals surface area contributed by atoms with Crippen LogP contribution in [0.25, 0.3) is 11.3 Å². The minimum atomic E-state index is 0.00860. The van der Waals surface area contributed by atoms with E-state index in [4.69, 9.17) is 14.2 Å². The summed E-state index contributed by atoms with van der Waals surface area (Å²) in [5, 5.41) is 12.7. The molecule has 1 saturated heterocycles. The van der Waals surface area contributed by atoms with Crippen LogP contribution in [0.1, 0.15) is 18.4 Å². The van der Waals surface area contributed by atoms with E-state index in [1.165, 1.54) is 0 Å². The number of hydrogen-bond acceptors (Lipinski definition) is 8. The lowest BCUT2D eigenvalue weighted by Gasteiger charge is -2.25. The van der Waals surface area contributed by atoms with Gasteiger partial charge in [0.05, 0.1) is 49.7 Å². The molecule has 1 aliphatic heterocycles. The fourth-order valence-electron chi connectivity index (χ4n) is 3.21. The number of nitriles is 1. The summed E-state index contributed by atoms with van der Waals surface area (Å²) in [6, 6.07) is 11.3. The Morgan fingerprint density at radius 1 is 1.20 bits per heavy atom. The Hall–Kier alpha value is -3.70. The standard InChI is InChI=1S/C22H21N5O3/c1-28-18-11-16(13-24-14-18)26-22-25-8-5-20(27-22)19-4-2-3-15(12-23)21(19)30-17-6-9-29-10-7-17/h2-5,8,11,13-14,17H,6-7,9-10H2,1H3,(H,25,26,27). The van der Waals surface area contributed by atoms with Crippen LogP contribution in [-0.2, 0) is 4.74 Å². The summed E-state index contributed by atoms with van der Waals surface area (Å²) in [7, 11) is 1.58. The smallest absolute Gasteiger partial charge is 0.227 e. The van der Waals surface area contributed by atoms with Gasteiger partial charge in [0.2, 0.25) is 5.95 Å². The molecule has 0 radical (unpaired) electrons. The highest BCUT2D eigenvalue weighted by atomic mass is 16.5. The Kier molecular flexibility index (Phi) is 6.01. The first-order chi connectivity index (χ1) is 14.8. The summed E-state index contributed by atoms with van der Waals surface area (Å²) in [5.74, 6) is 1.58. The molecule has 0 atom stereocenters. The number of para-hydroxylation sites is 1. The lowest BCUT2D eigenvalue weighted by Crippen LogP contribution is -2.26. The lowest BCUT2D eigenvalue weighted by atomic mass is 10.1. The van der Waals surface area contributed by atoms with Gasteiger partial charge in [-0.05, 0) is 18.2 Å².